The first-order valence-corrected chi connectivity index (χ1v) is 11.6. The molecule has 1 fully saturated rings. The summed E-state index contributed by atoms with van der Waals surface area (Å²) in [5.41, 5.74) is 7.59. The molecule has 0 radical (unpaired) electrons. The Morgan fingerprint density at radius 2 is 2.00 bits per heavy atom. The van der Waals surface area contributed by atoms with E-state index >= 15 is 0 Å². The number of benzene rings is 1. The first-order valence-electron chi connectivity index (χ1n) is 9.75. The Labute approximate surface area is 165 Å². The van der Waals surface area contributed by atoms with E-state index in [4.69, 9.17) is 5.73 Å². The quantitative estimate of drug-likeness (QED) is 0.444. The van der Waals surface area contributed by atoms with Crippen LogP contribution in [0.2, 0.25) is 0 Å². The van der Waals surface area contributed by atoms with Gasteiger partial charge < -0.3 is 15.7 Å². The van der Waals surface area contributed by atoms with Gasteiger partial charge in [0.15, 0.2) is 5.16 Å². The van der Waals surface area contributed by atoms with Crippen molar-refractivity contribution >= 4 is 25.2 Å². The van der Waals surface area contributed by atoms with E-state index in [1.54, 1.807) is 0 Å². The second kappa shape index (κ2) is 8.74. The summed E-state index contributed by atoms with van der Waals surface area (Å²) >= 11 is 0. The first-order chi connectivity index (χ1) is 13.4. The molecule has 2 aliphatic heterocycles. The largest absolute Gasteiger partial charge is 0.480 e. The van der Waals surface area contributed by atoms with Crippen molar-refractivity contribution in [1.29, 1.82) is 0 Å². The minimum absolute atomic E-state index is 0.00248. The normalized spacial score (nSPS) is 28.0. The predicted molar refractivity (Wildman–Crippen MR) is 110 cm³/mol. The molecular formula is C19H29N4O4P. The molecule has 2 heterocycles. The number of hydrogen-bond donors (Lipinski definition) is 3. The molecule has 0 bridgehead atoms. The number of unbranched alkanes of at least 4 members (excludes halogenated alkanes) is 1. The SMILES string of the molecule is NCCCCC1(C(=O)O)CN(Cc2ccc(N3CCC=N3)cc2)CCP1(=O)O. The smallest absolute Gasteiger partial charge is 0.320 e. The van der Waals surface area contributed by atoms with Gasteiger partial charge in [-0.3, -0.25) is 19.3 Å². The Balaban J connectivity index is 1.71. The van der Waals surface area contributed by atoms with Gasteiger partial charge in [0.05, 0.1) is 5.69 Å². The summed E-state index contributed by atoms with van der Waals surface area (Å²) in [7, 11) is -3.79. The Morgan fingerprint density at radius 1 is 1.25 bits per heavy atom. The van der Waals surface area contributed by atoms with Crippen LogP contribution < -0.4 is 10.7 Å². The third-order valence-electron chi connectivity index (χ3n) is 5.65. The van der Waals surface area contributed by atoms with Gasteiger partial charge in [-0.1, -0.05) is 18.6 Å². The van der Waals surface area contributed by atoms with Crippen LogP contribution in [0.3, 0.4) is 0 Å². The van der Waals surface area contributed by atoms with Crippen molar-refractivity contribution in [2.45, 2.75) is 37.4 Å². The Hall–Kier alpha value is -1.73. The van der Waals surface area contributed by atoms with Gasteiger partial charge in [-0.05, 0) is 37.1 Å². The number of carbonyl (C=O) groups is 1. The van der Waals surface area contributed by atoms with E-state index in [0.29, 0.717) is 32.5 Å². The average molecular weight is 408 g/mol. The molecule has 1 saturated heterocycles. The molecule has 2 aliphatic rings. The summed E-state index contributed by atoms with van der Waals surface area (Å²) in [6, 6.07) is 8.02. The number of hydrazone groups is 1. The topological polar surface area (TPSA) is 119 Å². The van der Waals surface area contributed by atoms with Gasteiger partial charge in [-0.25, -0.2) is 0 Å². The third kappa shape index (κ3) is 4.30. The van der Waals surface area contributed by atoms with Crippen molar-refractivity contribution in [3.05, 3.63) is 29.8 Å². The fourth-order valence-corrected chi connectivity index (χ4v) is 6.16. The van der Waals surface area contributed by atoms with E-state index in [-0.39, 0.29) is 19.1 Å². The van der Waals surface area contributed by atoms with E-state index in [1.165, 1.54) is 0 Å². The molecule has 0 saturated carbocycles. The number of rotatable bonds is 8. The van der Waals surface area contributed by atoms with Gasteiger partial charge in [0.2, 0.25) is 7.37 Å². The highest BCUT2D eigenvalue weighted by molar-refractivity contribution is 7.61. The van der Waals surface area contributed by atoms with Crippen LogP contribution >= 0.6 is 7.37 Å². The molecule has 0 spiro atoms. The van der Waals surface area contributed by atoms with Crippen LogP contribution in [0.25, 0.3) is 0 Å². The van der Waals surface area contributed by atoms with E-state index in [2.05, 4.69) is 5.10 Å². The van der Waals surface area contributed by atoms with Crippen molar-refractivity contribution < 1.29 is 19.4 Å². The van der Waals surface area contributed by atoms with E-state index in [1.807, 2.05) is 40.4 Å². The van der Waals surface area contributed by atoms with Crippen molar-refractivity contribution in [3.8, 4) is 0 Å². The van der Waals surface area contributed by atoms with Crippen LogP contribution in [0.15, 0.2) is 29.4 Å². The van der Waals surface area contributed by atoms with Crippen LogP contribution in [-0.4, -0.2) is 64.6 Å². The van der Waals surface area contributed by atoms with Crippen LogP contribution in [-0.2, 0) is 15.9 Å². The zero-order chi connectivity index (χ0) is 20.2. The molecule has 28 heavy (non-hydrogen) atoms. The first kappa shape index (κ1) is 21.0. The van der Waals surface area contributed by atoms with Gasteiger partial charge in [0, 0.05) is 45.0 Å². The number of aliphatic carboxylic acids is 1. The second-order valence-electron chi connectivity index (χ2n) is 7.59. The fourth-order valence-electron chi connectivity index (χ4n) is 3.95. The number of carboxylic acid groups (broad SMARTS) is 1. The van der Waals surface area contributed by atoms with Gasteiger partial charge in [0.25, 0.3) is 0 Å². The third-order valence-corrected chi connectivity index (χ3v) is 8.35. The van der Waals surface area contributed by atoms with Crippen LogP contribution in [0.5, 0.6) is 0 Å². The predicted octanol–water partition coefficient (Wildman–Crippen LogP) is 1.92. The molecular weight excluding hydrogens is 379 g/mol. The van der Waals surface area contributed by atoms with Crippen LogP contribution in [0.4, 0.5) is 5.69 Å². The number of nitrogens with two attached hydrogens (primary N) is 1. The van der Waals surface area contributed by atoms with E-state index < -0.39 is 18.5 Å². The Bertz CT molecular complexity index is 770. The summed E-state index contributed by atoms with van der Waals surface area (Å²) in [5, 5.41) is 14.5. The number of nitrogens with zero attached hydrogens (tertiary/aromatic N) is 3. The Morgan fingerprint density at radius 3 is 2.61 bits per heavy atom. The van der Waals surface area contributed by atoms with Crippen molar-refractivity contribution in [2.24, 2.45) is 10.8 Å². The molecule has 8 nitrogen and oxygen atoms in total. The highest BCUT2D eigenvalue weighted by Gasteiger charge is 2.56. The minimum atomic E-state index is -3.79. The Kier molecular flexibility index (Phi) is 6.55. The maximum atomic E-state index is 12.8. The van der Waals surface area contributed by atoms with E-state index in [0.717, 1.165) is 24.2 Å². The zero-order valence-electron chi connectivity index (χ0n) is 16.0. The summed E-state index contributed by atoms with van der Waals surface area (Å²) in [6.45, 7) is 2.37. The lowest BCUT2D eigenvalue weighted by atomic mass is 9.99. The van der Waals surface area contributed by atoms with Gasteiger partial charge in [0.1, 0.15) is 0 Å². The molecule has 3 rings (SSSR count). The van der Waals surface area contributed by atoms with Crippen LogP contribution in [0, 0.1) is 0 Å². The molecule has 4 N–H and O–H groups in total. The van der Waals surface area contributed by atoms with E-state index in [9.17, 15) is 19.4 Å². The summed E-state index contributed by atoms with van der Waals surface area (Å²) in [6.07, 6.45) is 4.20. The molecule has 0 aromatic heterocycles. The molecule has 0 aliphatic carbocycles. The zero-order valence-corrected chi connectivity index (χ0v) is 16.9. The molecule has 2 unspecified atom stereocenters. The fraction of sp³-hybridized carbons (Fsp3) is 0.579. The summed E-state index contributed by atoms with van der Waals surface area (Å²) in [4.78, 5) is 24.5. The van der Waals surface area contributed by atoms with Gasteiger partial charge in [-0.2, -0.15) is 5.10 Å². The minimum Gasteiger partial charge on any atom is -0.480 e. The standard InChI is InChI=1S/C19H29N4O4P/c20-9-2-1-8-19(18(24)25)15-22(12-13-28(19,26)27)14-16-4-6-17(7-5-16)23-11-3-10-21-23/h4-7,10H,1-3,8-9,11-15,20H2,(H,24,25)(H,26,27). The monoisotopic (exact) mass is 408 g/mol. The van der Waals surface area contributed by atoms with Gasteiger partial charge in [-0.15, -0.1) is 0 Å². The summed E-state index contributed by atoms with van der Waals surface area (Å²) < 4.78 is 12.8. The molecule has 0 amide bonds. The highest BCUT2D eigenvalue weighted by Crippen LogP contribution is 2.59. The van der Waals surface area contributed by atoms with Crippen molar-refractivity contribution in [2.75, 3.05) is 37.3 Å². The maximum absolute atomic E-state index is 12.8. The lowest BCUT2D eigenvalue weighted by Gasteiger charge is -2.43. The lowest BCUT2D eigenvalue weighted by Crippen LogP contribution is -2.53. The van der Waals surface area contributed by atoms with Crippen molar-refractivity contribution in [1.82, 2.24) is 4.90 Å². The average Bonchev–Trinajstić information content (AvgIpc) is 3.19. The highest BCUT2D eigenvalue weighted by atomic mass is 31.2. The molecule has 9 heteroatoms. The van der Waals surface area contributed by atoms with Gasteiger partial charge >= 0.3 is 5.97 Å². The van der Waals surface area contributed by atoms with Crippen molar-refractivity contribution in [3.63, 3.8) is 0 Å². The number of carboxylic acids is 1. The summed E-state index contributed by atoms with van der Waals surface area (Å²) in [5.74, 6) is -1.18. The maximum Gasteiger partial charge on any atom is 0.320 e. The molecule has 154 valence electrons. The molecule has 1 aromatic rings. The number of hydrogen-bond acceptors (Lipinski definition) is 6. The second-order valence-corrected chi connectivity index (χ2v) is 10.3. The number of anilines is 1. The molecule has 1 aromatic carbocycles. The molecule has 2 atom stereocenters. The van der Waals surface area contributed by atoms with Crippen LogP contribution in [0.1, 0.15) is 31.2 Å². The lowest BCUT2D eigenvalue weighted by molar-refractivity contribution is -0.141.